The Morgan fingerprint density at radius 3 is 3.00 bits per heavy atom. The van der Waals surface area contributed by atoms with Crippen molar-refractivity contribution in [3.8, 4) is 17.0 Å². The molecule has 1 unspecified atom stereocenters. The van der Waals surface area contributed by atoms with E-state index in [1.165, 1.54) is 0 Å². The van der Waals surface area contributed by atoms with Crippen LogP contribution in [-0.4, -0.2) is 15.3 Å². The number of H-pyrrole nitrogens is 1. The van der Waals surface area contributed by atoms with Gasteiger partial charge in [-0.05, 0) is 25.0 Å². The third-order valence-corrected chi connectivity index (χ3v) is 3.12. The number of nitrogens with one attached hydrogen (secondary N) is 1. The maximum Gasteiger partial charge on any atom is 0.125 e. The number of hydrogen-bond donors (Lipinski definition) is 3. The number of aromatic hydroxyl groups is 1. The topological polar surface area (TPSA) is 74.9 Å². The molecule has 0 amide bonds. The summed E-state index contributed by atoms with van der Waals surface area (Å²) in [5.74, 6) is 0.246. The lowest BCUT2D eigenvalue weighted by atomic mass is 10.0. The molecule has 0 aliphatic heterocycles. The summed E-state index contributed by atoms with van der Waals surface area (Å²) in [5, 5.41) is 17.1. The second-order valence-corrected chi connectivity index (χ2v) is 4.13. The van der Waals surface area contributed by atoms with Crippen LogP contribution in [0.25, 0.3) is 11.3 Å². The zero-order valence-electron chi connectivity index (χ0n) is 8.77. The van der Waals surface area contributed by atoms with Crippen molar-refractivity contribution in [2.45, 2.75) is 18.9 Å². The number of aryl methyl sites for hydroxylation is 1. The predicted molar refractivity (Wildman–Crippen MR) is 60.9 cm³/mol. The maximum absolute atomic E-state index is 9.81. The highest BCUT2D eigenvalue weighted by atomic mass is 16.3. The number of phenolic OH excluding ortho intramolecular Hbond substituents is 1. The average molecular weight is 215 g/mol. The van der Waals surface area contributed by atoms with Gasteiger partial charge in [-0.1, -0.05) is 12.1 Å². The SMILES string of the molecule is NC1CCc2[nH]nc(-c3ccccc3O)c21. The number of aromatic amines is 1. The normalized spacial score (nSPS) is 18.7. The lowest BCUT2D eigenvalue weighted by Crippen LogP contribution is -2.06. The molecule has 0 bridgehead atoms. The van der Waals surface area contributed by atoms with Gasteiger partial charge >= 0.3 is 0 Å². The first-order valence-electron chi connectivity index (χ1n) is 5.38. The summed E-state index contributed by atoms with van der Waals surface area (Å²) in [6, 6.07) is 7.24. The summed E-state index contributed by atoms with van der Waals surface area (Å²) in [6.45, 7) is 0. The van der Waals surface area contributed by atoms with Crippen LogP contribution >= 0.6 is 0 Å². The fourth-order valence-corrected chi connectivity index (χ4v) is 2.30. The Morgan fingerprint density at radius 2 is 2.19 bits per heavy atom. The molecule has 1 heterocycles. The summed E-state index contributed by atoms with van der Waals surface area (Å²) in [7, 11) is 0. The largest absolute Gasteiger partial charge is 0.507 e. The predicted octanol–water partition coefficient (Wildman–Crippen LogP) is 1.73. The number of benzene rings is 1. The van der Waals surface area contributed by atoms with Crippen LogP contribution in [0, 0.1) is 0 Å². The number of nitrogens with two attached hydrogens (primary N) is 1. The van der Waals surface area contributed by atoms with Gasteiger partial charge in [0.05, 0.1) is 0 Å². The highest BCUT2D eigenvalue weighted by Crippen LogP contribution is 2.38. The molecule has 82 valence electrons. The van der Waals surface area contributed by atoms with Crippen molar-refractivity contribution in [3.05, 3.63) is 35.5 Å². The second-order valence-electron chi connectivity index (χ2n) is 4.13. The van der Waals surface area contributed by atoms with Gasteiger partial charge in [-0.3, -0.25) is 5.10 Å². The van der Waals surface area contributed by atoms with E-state index in [1.807, 2.05) is 12.1 Å². The number of aromatic nitrogens is 2. The third kappa shape index (κ3) is 1.23. The fourth-order valence-electron chi connectivity index (χ4n) is 2.30. The minimum atomic E-state index is 0.0309. The van der Waals surface area contributed by atoms with Crippen LogP contribution in [0.3, 0.4) is 0 Å². The van der Waals surface area contributed by atoms with Crippen LogP contribution < -0.4 is 5.73 Å². The molecule has 0 saturated heterocycles. The number of para-hydroxylation sites is 1. The van der Waals surface area contributed by atoms with Gasteiger partial charge in [-0.25, -0.2) is 0 Å². The molecule has 1 aliphatic carbocycles. The summed E-state index contributed by atoms with van der Waals surface area (Å²) < 4.78 is 0. The molecule has 1 aliphatic rings. The van der Waals surface area contributed by atoms with Crippen molar-refractivity contribution in [1.82, 2.24) is 10.2 Å². The van der Waals surface area contributed by atoms with E-state index in [9.17, 15) is 5.11 Å². The molecule has 3 rings (SSSR count). The standard InChI is InChI=1S/C12H13N3O/c13-8-5-6-9-11(8)12(15-14-9)7-3-1-2-4-10(7)16/h1-4,8,16H,5-6,13H2,(H,14,15). The Bertz CT molecular complexity index is 533. The summed E-state index contributed by atoms with van der Waals surface area (Å²) in [4.78, 5) is 0. The average Bonchev–Trinajstić information content (AvgIpc) is 2.83. The van der Waals surface area contributed by atoms with E-state index in [0.29, 0.717) is 0 Å². The van der Waals surface area contributed by atoms with Gasteiger partial charge in [0.1, 0.15) is 11.4 Å². The van der Waals surface area contributed by atoms with Crippen molar-refractivity contribution in [2.24, 2.45) is 5.73 Å². The summed E-state index contributed by atoms with van der Waals surface area (Å²) >= 11 is 0. The molecule has 0 saturated carbocycles. The van der Waals surface area contributed by atoms with E-state index in [-0.39, 0.29) is 11.8 Å². The first kappa shape index (κ1) is 9.42. The Labute approximate surface area is 93.1 Å². The van der Waals surface area contributed by atoms with Crippen LogP contribution in [0.5, 0.6) is 5.75 Å². The van der Waals surface area contributed by atoms with Gasteiger partial charge < -0.3 is 10.8 Å². The second kappa shape index (κ2) is 3.35. The molecule has 0 fully saturated rings. The Hall–Kier alpha value is -1.81. The first-order valence-corrected chi connectivity index (χ1v) is 5.38. The Kier molecular flexibility index (Phi) is 1.97. The first-order chi connectivity index (χ1) is 7.77. The molecule has 4 N–H and O–H groups in total. The van der Waals surface area contributed by atoms with Crippen molar-refractivity contribution >= 4 is 0 Å². The number of rotatable bonds is 1. The van der Waals surface area contributed by atoms with E-state index >= 15 is 0 Å². The Morgan fingerprint density at radius 1 is 1.38 bits per heavy atom. The van der Waals surface area contributed by atoms with Crippen LogP contribution in [0.1, 0.15) is 23.7 Å². The fraction of sp³-hybridized carbons (Fsp3) is 0.250. The molecule has 0 spiro atoms. The van der Waals surface area contributed by atoms with E-state index < -0.39 is 0 Å². The van der Waals surface area contributed by atoms with Gasteiger partial charge in [0.25, 0.3) is 0 Å². The maximum atomic E-state index is 9.81. The van der Waals surface area contributed by atoms with Gasteiger partial charge in [-0.15, -0.1) is 0 Å². The summed E-state index contributed by atoms with van der Waals surface area (Å²) in [5.41, 5.74) is 9.73. The molecule has 4 heteroatoms. The third-order valence-electron chi connectivity index (χ3n) is 3.12. The van der Waals surface area contributed by atoms with Crippen molar-refractivity contribution < 1.29 is 5.11 Å². The molecule has 16 heavy (non-hydrogen) atoms. The van der Waals surface area contributed by atoms with Crippen LogP contribution in [0.2, 0.25) is 0 Å². The molecule has 2 aromatic rings. The van der Waals surface area contributed by atoms with Crippen molar-refractivity contribution in [3.63, 3.8) is 0 Å². The lowest BCUT2D eigenvalue weighted by Gasteiger charge is -2.06. The van der Waals surface area contributed by atoms with Gasteiger partial charge in [0.2, 0.25) is 0 Å². The number of nitrogens with zero attached hydrogens (tertiary/aromatic N) is 1. The van der Waals surface area contributed by atoms with E-state index in [1.54, 1.807) is 12.1 Å². The summed E-state index contributed by atoms with van der Waals surface area (Å²) in [6.07, 6.45) is 1.89. The van der Waals surface area contributed by atoms with Gasteiger partial charge in [0.15, 0.2) is 0 Å². The van der Waals surface area contributed by atoms with E-state index in [0.717, 1.165) is 35.4 Å². The van der Waals surface area contributed by atoms with E-state index in [4.69, 9.17) is 5.73 Å². The van der Waals surface area contributed by atoms with Crippen molar-refractivity contribution in [2.75, 3.05) is 0 Å². The zero-order valence-corrected chi connectivity index (χ0v) is 8.77. The van der Waals surface area contributed by atoms with E-state index in [2.05, 4.69) is 10.2 Å². The molecule has 4 nitrogen and oxygen atoms in total. The molecule has 1 aromatic heterocycles. The molecule has 1 aromatic carbocycles. The highest BCUT2D eigenvalue weighted by Gasteiger charge is 2.26. The lowest BCUT2D eigenvalue weighted by molar-refractivity contribution is 0.477. The molecule has 0 radical (unpaired) electrons. The smallest absolute Gasteiger partial charge is 0.125 e. The van der Waals surface area contributed by atoms with Gasteiger partial charge in [-0.2, -0.15) is 5.10 Å². The highest BCUT2D eigenvalue weighted by molar-refractivity contribution is 5.71. The Balaban J connectivity index is 2.19. The number of hydrogen-bond acceptors (Lipinski definition) is 3. The molecular formula is C12H13N3O. The molecule has 1 atom stereocenters. The monoisotopic (exact) mass is 215 g/mol. The van der Waals surface area contributed by atoms with Crippen LogP contribution in [0.4, 0.5) is 0 Å². The number of phenols is 1. The minimum Gasteiger partial charge on any atom is -0.507 e. The number of fused-ring (bicyclic) bond motifs is 1. The van der Waals surface area contributed by atoms with Crippen LogP contribution in [-0.2, 0) is 6.42 Å². The minimum absolute atomic E-state index is 0.0309. The van der Waals surface area contributed by atoms with Crippen LogP contribution in [0.15, 0.2) is 24.3 Å². The molecular weight excluding hydrogens is 202 g/mol. The quantitative estimate of drug-likeness (QED) is 0.678. The van der Waals surface area contributed by atoms with Crippen molar-refractivity contribution in [1.29, 1.82) is 0 Å². The van der Waals surface area contributed by atoms with Gasteiger partial charge in [0, 0.05) is 22.9 Å². The zero-order chi connectivity index (χ0) is 11.1.